The van der Waals surface area contributed by atoms with Crippen LogP contribution >= 0.6 is 0 Å². The third-order valence-electron chi connectivity index (χ3n) is 6.80. The number of amidine groups is 1. The van der Waals surface area contributed by atoms with E-state index in [1.807, 2.05) is 42.0 Å². The highest BCUT2D eigenvalue weighted by Gasteiger charge is 2.41. The van der Waals surface area contributed by atoms with Crippen LogP contribution in [0.3, 0.4) is 0 Å². The van der Waals surface area contributed by atoms with E-state index in [2.05, 4.69) is 51.6 Å². The first-order valence-corrected chi connectivity index (χ1v) is 13.7. The van der Waals surface area contributed by atoms with Crippen LogP contribution in [0.15, 0.2) is 72.0 Å². The van der Waals surface area contributed by atoms with Crippen molar-refractivity contribution in [3.8, 4) is 16.9 Å². The summed E-state index contributed by atoms with van der Waals surface area (Å²) < 4.78 is 25.1. The molecule has 0 saturated carbocycles. The number of aliphatic imine (C=N–C) groups is 1. The molecule has 2 fully saturated rings. The lowest BCUT2D eigenvalue weighted by Crippen LogP contribution is -2.48. The van der Waals surface area contributed by atoms with Crippen molar-refractivity contribution in [2.24, 2.45) is 4.99 Å². The van der Waals surface area contributed by atoms with E-state index in [1.165, 1.54) is 0 Å². The van der Waals surface area contributed by atoms with E-state index < -0.39 is 5.22 Å². The van der Waals surface area contributed by atoms with Gasteiger partial charge in [0.1, 0.15) is 30.4 Å². The summed E-state index contributed by atoms with van der Waals surface area (Å²) in [5, 5.41) is 9.29. The maximum atomic E-state index is 10.2. The molecule has 0 amide bonds. The number of rotatable bonds is 9. The van der Waals surface area contributed by atoms with Gasteiger partial charge in [0.05, 0.1) is 23.5 Å². The zero-order valence-corrected chi connectivity index (χ0v) is 22.7. The summed E-state index contributed by atoms with van der Waals surface area (Å²) >= 11 is 0. The largest absolute Gasteiger partial charge is 0.488 e. The summed E-state index contributed by atoms with van der Waals surface area (Å²) in [6.07, 6.45) is 11.2. The van der Waals surface area contributed by atoms with E-state index in [4.69, 9.17) is 18.9 Å². The van der Waals surface area contributed by atoms with E-state index in [1.54, 1.807) is 6.20 Å². The van der Waals surface area contributed by atoms with Crippen LogP contribution < -0.4 is 4.74 Å². The second-order valence-corrected chi connectivity index (χ2v) is 10.8. The van der Waals surface area contributed by atoms with Gasteiger partial charge >= 0.3 is 5.84 Å². The molecular weight excluding hydrogens is 496 g/mol. The molecule has 3 heterocycles. The summed E-state index contributed by atoms with van der Waals surface area (Å²) in [4.78, 5) is 4.51. The first kappa shape index (κ1) is 26.7. The monoisotopic (exact) mass is 530 g/mol. The molecule has 1 N–H and O–H groups in total. The van der Waals surface area contributed by atoms with Crippen LogP contribution in [0.4, 0.5) is 0 Å². The van der Waals surface area contributed by atoms with Gasteiger partial charge < -0.3 is 24.1 Å². The van der Waals surface area contributed by atoms with Crippen molar-refractivity contribution < 1.29 is 28.6 Å². The van der Waals surface area contributed by atoms with Crippen molar-refractivity contribution >= 4 is 27.9 Å². The van der Waals surface area contributed by atoms with Gasteiger partial charge in [-0.2, -0.15) is 4.58 Å². The summed E-state index contributed by atoms with van der Waals surface area (Å²) in [5.41, 5.74) is 3.95. The molecule has 3 aliphatic rings. The number of benzene rings is 2. The van der Waals surface area contributed by atoms with Crippen molar-refractivity contribution in [2.75, 3.05) is 26.4 Å². The lowest BCUT2D eigenvalue weighted by atomic mass is 10.0. The van der Waals surface area contributed by atoms with Gasteiger partial charge in [0, 0.05) is 13.0 Å². The Morgan fingerprint density at radius 2 is 1.87 bits per heavy atom. The average molecular weight is 531 g/mol. The quantitative estimate of drug-likeness (QED) is 0.387. The number of hydrogen-bond donors (Lipinski definition) is 1. The fraction of sp³-hybridized carbons (Fsp3) is 0.400. The van der Waals surface area contributed by atoms with Gasteiger partial charge in [0.2, 0.25) is 0 Å². The molecule has 0 bridgehead atoms. The van der Waals surface area contributed by atoms with Crippen molar-refractivity contribution in [2.45, 2.75) is 50.2 Å². The van der Waals surface area contributed by atoms with Crippen molar-refractivity contribution in [3.63, 3.8) is 0 Å². The highest BCUT2D eigenvalue weighted by atomic mass is 28.1. The highest BCUT2D eigenvalue weighted by molar-refractivity contribution is 6.27. The molecule has 197 valence electrons. The molecule has 7 nitrogen and oxygen atoms in total. The predicted octanol–water partition coefficient (Wildman–Crippen LogP) is 4.29. The minimum absolute atomic E-state index is 0.146. The lowest BCUT2D eigenvalue weighted by molar-refractivity contribution is -0.338. The molecule has 0 spiro atoms. The fourth-order valence-electron chi connectivity index (χ4n) is 4.72. The van der Waals surface area contributed by atoms with Crippen LogP contribution in [0.1, 0.15) is 38.2 Å². The van der Waals surface area contributed by atoms with Gasteiger partial charge in [-0.05, 0) is 66.1 Å². The predicted molar refractivity (Wildman–Crippen MR) is 149 cm³/mol. The van der Waals surface area contributed by atoms with Crippen LogP contribution in [0.25, 0.3) is 17.2 Å². The summed E-state index contributed by atoms with van der Waals surface area (Å²) in [6, 6.07) is 16.5. The summed E-state index contributed by atoms with van der Waals surface area (Å²) in [7, 11) is 3.75. The van der Waals surface area contributed by atoms with Crippen molar-refractivity contribution in [1.29, 1.82) is 0 Å². The SMILES string of the molecule is C[C@@]([Si])(OC1CCCCO1)C1=NC=C[N+]1=C(/C=C/c1ccc(-c2ccc(O[C@H]3CCOC3)cc2)cc1)CO. The Balaban J connectivity index is 1.25. The maximum absolute atomic E-state index is 10.2. The third kappa shape index (κ3) is 6.57. The van der Waals surface area contributed by atoms with E-state index in [-0.39, 0.29) is 19.0 Å². The van der Waals surface area contributed by atoms with Crippen molar-refractivity contribution in [1.82, 2.24) is 0 Å². The molecule has 8 heteroatoms. The molecule has 2 saturated heterocycles. The second-order valence-electron chi connectivity index (χ2n) is 9.80. The van der Waals surface area contributed by atoms with E-state index in [9.17, 15) is 5.11 Å². The van der Waals surface area contributed by atoms with Gasteiger partial charge in [0.25, 0.3) is 0 Å². The van der Waals surface area contributed by atoms with Crippen molar-refractivity contribution in [3.05, 3.63) is 72.6 Å². The smallest absolute Gasteiger partial charge is 0.330 e. The Labute approximate surface area is 227 Å². The Kier molecular flexibility index (Phi) is 8.66. The molecule has 2 aromatic carbocycles. The van der Waals surface area contributed by atoms with Crippen LogP contribution in [0, 0.1) is 0 Å². The Bertz CT molecular complexity index is 1210. The van der Waals surface area contributed by atoms with E-state index in [0.717, 1.165) is 54.7 Å². The minimum atomic E-state index is -0.868. The Hall–Kier alpha value is -2.88. The lowest BCUT2D eigenvalue weighted by Gasteiger charge is -2.30. The Morgan fingerprint density at radius 3 is 2.53 bits per heavy atom. The molecule has 38 heavy (non-hydrogen) atoms. The summed E-state index contributed by atoms with van der Waals surface area (Å²) in [5.74, 6) is 1.51. The van der Waals surface area contributed by atoms with Crippen LogP contribution in [-0.4, -0.2) is 75.5 Å². The first-order valence-electron chi connectivity index (χ1n) is 13.2. The normalized spacial score (nSPS) is 24.4. The van der Waals surface area contributed by atoms with Gasteiger partial charge in [-0.25, -0.2) is 0 Å². The second kappa shape index (κ2) is 12.3. The van der Waals surface area contributed by atoms with Crippen LogP contribution in [-0.2, 0) is 14.2 Å². The van der Waals surface area contributed by atoms with Gasteiger partial charge in [-0.15, -0.1) is 0 Å². The minimum Gasteiger partial charge on any atom is -0.488 e. The molecule has 1 unspecified atom stereocenters. The molecule has 3 aliphatic heterocycles. The molecule has 5 rings (SSSR count). The molecule has 2 aromatic rings. The Morgan fingerprint density at radius 1 is 1.11 bits per heavy atom. The molecular formula is C30H34N2O5Si+. The van der Waals surface area contributed by atoms with Crippen LogP contribution in [0.2, 0.25) is 0 Å². The number of aliphatic hydroxyl groups is 1. The fourth-order valence-corrected chi connectivity index (χ4v) is 5.04. The topological polar surface area (TPSA) is 72.5 Å². The standard InChI is InChI=1S/C30H34N2O5Si/c1-30(38,37-28-4-2-3-18-35-28)29-31-16-17-32(29)25(20-33)12-7-22-5-8-23(9-6-22)24-10-13-26(14-11-24)36-27-15-19-34-21-27/h5-14,16-17,27-28,33H,2-4,15,18-21H2,1H3/q+1/b12-7+,32-25?/t27-,28?,30-/m0/s1. The van der Waals surface area contributed by atoms with Crippen LogP contribution in [0.5, 0.6) is 5.75 Å². The number of aliphatic hydroxyl groups excluding tert-OH is 1. The van der Waals surface area contributed by atoms with Gasteiger partial charge in [0.15, 0.2) is 17.7 Å². The number of hydrogen-bond acceptors (Lipinski definition) is 6. The van der Waals surface area contributed by atoms with Gasteiger partial charge in [-0.1, -0.05) is 42.5 Å². The third-order valence-corrected chi connectivity index (χ3v) is 7.14. The maximum Gasteiger partial charge on any atom is 0.330 e. The number of nitrogens with zero attached hydrogens (tertiary/aromatic N) is 2. The highest BCUT2D eigenvalue weighted by Crippen LogP contribution is 2.25. The average Bonchev–Trinajstić information content (AvgIpc) is 3.64. The molecule has 0 aromatic heterocycles. The van der Waals surface area contributed by atoms with Gasteiger partial charge in [-0.3, -0.25) is 0 Å². The number of ether oxygens (including phenoxy) is 4. The van der Waals surface area contributed by atoms with E-state index >= 15 is 0 Å². The first-order chi connectivity index (χ1) is 18.5. The zero-order chi connectivity index (χ0) is 26.4. The molecule has 3 atom stereocenters. The molecule has 0 aliphatic carbocycles. The molecule has 3 radical (unpaired) electrons. The summed E-state index contributed by atoms with van der Waals surface area (Å²) in [6.45, 7) is 3.88. The zero-order valence-electron chi connectivity index (χ0n) is 21.7. The van der Waals surface area contributed by atoms with E-state index in [0.29, 0.717) is 24.8 Å².